The van der Waals surface area contributed by atoms with E-state index >= 15 is 0 Å². The van der Waals surface area contributed by atoms with Crippen LogP contribution in [0.4, 0.5) is 11.4 Å². The van der Waals surface area contributed by atoms with E-state index in [0.717, 1.165) is 33.3 Å². The largest absolute Gasteiger partial charge is 0.398 e. The van der Waals surface area contributed by atoms with Crippen LogP contribution in [0.15, 0.2) is 59.2 Å². The van der Waals surface area contributed by atoms with Gasteiger partial charge in [-0.05, 0) is 35.9 Å². The fourth-order valence-electron chi connectivity index (χ4n) is 2.46. The lowest BCUT2D eigenvalue weighted by Gasteiger charge is -2.22. The lowest BCUT2D eigenvalue weighted by molar-refractivity contribution is 0.921. The Bertz CT molecular complexity index is 786. The zero-order valence-corrected chi connectivity index (χ0v) is 13.3. The van der Waals surface area contributed by atoms with Gasteiger partial charge in [0, 0.05) is 35.3 Å². The number of nitrogens with two attached hydrogens (primary N) is 1. The van der Waals surface area contributed by atoms with Crippen molar-refractivity contribution in [1.82, 2.24) is 4.98 Å². The van der Waals surface area contributed by atoms with Gasteiger partial charge in [0.1, 0.15) is 0 Å². The highest BCUT2D eigenvalue weighted by molar-refractivity contribution is 9.10. The summed E-state index contributed by atoms with van der Waals surface area (Å²) in [6, 6.07) is 16.1. The first-order chi connectivity index (χ1) is 10.2. The molecule has 0 aliphatic heterocycles. The first-order valence-corrected chi connectivity index (χ1v) is 7.54. The van der Waals surface area contributed by atoms with Crippen molar-refractivity contribution in [2.45, 2.75) is 6.54 Å². The molecule has 3 rings (SSSR count). The Hall–Kier alpha value is -2.07. The van der Waals surface area contributed by atoms with Gasteiger partial charge in [-0.25, -0.2) is 0 Å². The van der Waals surface area contributed by atoms with Crippen molar-refractivity contribution in [2.75, 3.05) is 17.7 Å². The molecule has 2 aromatic carbocycles. The summed E-state index contributed by atoms with van der Waals surface area (Å²) in [6.07, 6.45) is 1.80. The molecular weight excluding hydrogens is 326 g/mol. The zero-order chi connectivity index (χ0) is 14.8. The van der Waals surface area contributed by atoms with Crippen LogP contribution >= 0.6 is 15.9 Å². The minimum atomic E-state index is 0.760. The molecule has 0 bridgehead atoms. The quantitative estimate of drug-likeness (QED) is 0.725. The van der Waals surface area contributed by atoms with E-state index in [9.17, 15) is 0 Å². The van der Waals surface area contributed by atoms with Gasteiger partial charge in [0.25, 0.3) is 0 Å². The molecule has 0 unspecified atom stereocenters. The van der Waals surface area contributed by atoms with Gasteiger partial charge in [-0.3, -0.25) is 4.98 Å². The fourth-order valence-corrected chi connectivity index (χ4v) is 2.87. The number of nitrogens with zero attached hydrogens (tertiary/aromatic N) is 2. The number of nitrogen functional groups attached to an aromatic ring is 1. The van der Waals surface area contributed by atoms with Crippen molar-refractivity contribution in [3.8, 4) is 0 Å². The van der Waals surface area contributed by atoms with E-state index in [1.807, 2.05) is 36.4 Å². The van der Waals surface area contributed by atoms with Crippen LogP contribution in [0.1, 0.15) is 5.56 Å². The highest BCUT2D eigenvalue weighted by Crippen LogP contribution is 2.30. The second-order valence-corrected chi connectivity index (χ2v) is 5.88. The third-order valence-corrected chi connectivity index (χ3v) is 4.33. The molecule has 2 N–H and O–H groups in total. The second-order valence-electron chi connectivity index (χ2n) is 5.02. The number of rotatable bonds is 3. The van der Waals surface area contributed by atoms with E-state index in [1.54, 1.807) is 6.20 Å². The molecule has 0 spiro atoms. The Morgan fingerprint density at radius 2 is 1.90 bits per heavy atom. The molecular formula is C17H16BrN3. The summed E-state index contributed by atoms with van der Waals surface area (Å²) in [5.41, 5.74) is 10.0. The number of pyridine rings is 1. The van der Waals surface area contributed by atoms with E-state index in [0.29, 0.717) is 0 Å². The number of hydrogen-bond donors (Lipinski definition) is 1. The molecule has 0 saturated heterocycles. The summed E-state index contributed by atoms with van der Waals surface area (Å²) < 4.78 is 1.12. The Morgan fingerprint density at radius 3 is 2.71 bits per heavy atom. The van der Waals surface area contributed by atoms with Crippen molar-refractivity contribution in [3.63, 3.8) is 0 Å². The summed E-state index contributed by atoms with van der Waals surface area (Å²) in [5, 5.41) is 0.994. The number of benzene rings is 2. The Balaban J connectivity index is 2.01. The number of anilines is 2. The van der Waals surface area contributed by atoms with Crippen molar-refractivity contribution >= 4 is 38.2 Å². The molecule has 4 heteroatoms. The van der Waals surface area contributed by atoms with Crippen LogP contribution in [0.2, 0.25) is 0 Å². The SMILES string of the molecule is CN(Cc1ccccc1Br)c1ccc(N)c2cccnc12. The molecule has 21 heavy (non-hydrogen) atoms. The molecule has 1 aromatic heterocycles. The third-order valence-electron chi connectivity index (χ3n) is 3.56. The molecule has 0 saturated carbocycles. The van der Waals surface area contributed by atoms with E-state index in [-0.39, 0.29) is 0 Å². The van der Waals surface area contributed by atoms with E-state index in [1.165, 1.54) is 5.56 Å². The van der Waals surface area contributed by atoms with Crippen LogP contribution in [0.25, 0.3) is 10.9 Å². The number of halogens is 1. The van der Waals surface area contributed by atoms with Gasteiger partial charge in [0.05, 0.1) is 11.2 Å². The average molecular weight is 342 g/mol. The van der Waals surface area contributed by atoms with E-state index < -0.39 is 0 Å². The first kappa shape index (κ1) is 13.9. The number of hydrogen-bond acceptors (Lipinski definition) is 3. The maximum atomic E-state index is 6.04. The van der Waals surface area contributed by atoms with Crippen molar-refractivity contribution in [2.24, 2.45) is 0 Å². The summed E-state index contributed by atoms with van der Waals surface area (Å²) in [6.45, 7) is 0.803. The second kappa shape index (κ2) is 5.74. The van der Waals surface area contributed by atoms with Crippen LogP contribution in [0.5, 0.6) is 0 Å². The van der Waals surface area contributed by atoms with Gasteiger partial charge >= 0.3 is 0 Å². The van der Waals surface area contributed by atoms with Gasteiger partial charge in [0.15, 0.2) is 0 Å². The van der Waals surface area contributed by atoms with Crippen molar-refractivity contribution in [3.05, 3.63) is 64.8 Å². The lowest BCUT2D eigenvalue weighted by atomic mass is 10.1. The molecule has 3 nitrogen and oxygen atoms in total. The number of aromatic nitrogens is 1. The molecule has 0 aliphatic rings. The Kier molecular flexibility index (Phi) is 3.80. The molecule has 0 radical (unpaired) electrons. The zero-order valence-electron chi connectivity index (χ0n) is 11.8. The van der Waals surface area contributed by atoms with Gasteiger partial charge in [-0.15, -0.1) is 0 Å². The monoisotopic (exact) mass is 341 g/mol. The van der Waals surface area contributed by atoms with E-state index in [4.69, 9.17) is 5.73 Å². The van der Waals surface area contributed by atoms with Gasteiger partial charge in [-0.1, -0.05) is 34.1 Å². The summed E-state index contributed by atoms with van der Waals surface area (Å²) in [4.78, 5) is 6.68. The van der Waals surface area contributed by atoms with Crippen LogP contribution in [-0.4, -0.2) is 12.0 Å². The van der Waals surface area contributed by atoms with Crippen molar-refractivity contribution in [1.29, 1.82) is 0 Å². The van der Waals surface area contributed by atoms with Crippen LogP contribution in [-0.2, 0) is 6.54 Å². The van der Waals surface area contributed by atoms with Crippen LogP contribution in [0.3, 0.4) is 0 Å². The van der Waals surface area contributed by atoms with Gasteiger partial charge in [-0.2, -0.15) is 0 Å². The molecule has 106 valence electrons. The highest BCUT2D eigenvalue weighted by Gasteiger charge is 2.10. The summed E-state index contributed by atoms with van der Waals surface area (Å²) in [5.74, 6) is 0. The normalized spacial score (nSPS) is 10.8. The molecule has 3 aromatic rings. The fraction of sp³-hybridized carbons (Fsp3) is 0.118. The minimum Gasteiger partial charge on any atom is -0.398 e. The third kappa shape index (κ3) is 2.72. The standard InChI is InChI=1S/C17H16BrN3/c1-21(11-12-5-2-3-7-14(12)18)16-9-8-15(19)13-6-4-10-20-17(13)16/h2-10H,11,19H2,1H3. The minimum absolute atomic E-state index is 0.760. The maximum absolute atomic E-state index is 6.04. The lowest BCUT2D eigenvalue weighted by Crippen LogP contribution is -2.17. The molecule has 1 heterocycles. The number of fused-ring (bicyclic) bond motifs is 1. The predicted octanol–water partition coefficient (Wildman–Crippen LogP) is 4.22. The van der Waals surface area contributed by atoms with Gasteiger partial charge in [0.2, 0.25) is 0 Å². The Labute approximate surface area is 132 Å². The van der Waals surface area contributed by atoms with E-state index in [2.05, 4.69) is 45.0 Å². The summed E-state index contributed by atoms with van der Waals surface area (Å²) >= 11 is 3.60. The van der Waals surface area contributed by atoms with Crippen LogP contribution < -0.4 is 10.6 Å². The highest BCUT2D eigenvalue weighted by atomic mass is 79.9. The predicted molar refractivity (Wildman–Crippen MR) is 92.4 cm³/mol. The van der Waals surface area contributed by atoms with Crippen molar-refractivity contribution < 1.29 is 0 Å². The molecule has 0 fully saturated rings. The first-order valence-electron chi connectivity index (χ1n) is 6.74. The maximum Gasteiger partial charge on any atom is 0.0955 e. The molecule has 0 amide bonds. The topological polar surface area (TPSA) is 42.1 Å². The van der Waals surface area contributed by atoms with Crippen LogP contribution in [0, 0.1) is 0 Å². The summed E-state index contributed by atoms with van der Waals surface area (Å²) in [7, 11) is 2.07. The molecule has 0 aliphatic carbocycles. The Morgan fingerprint density at radius 1 is 1.10 bits per heavy atom. The average Bonchev–Trinajstić information content (AvgIpc) is 2.50. The van der Waals surface area contributed by atoms with Gasteiger partial charge < -0.3 is 10.6 Å². The molecule has 0 atom stereocenters. The smallest absolute Gasteiger partial charge is 0.0955 e.